The van der Waals surface area contributed by atoms with Gasteiger partial charge in [0.1, 0.15) is 5.82 Å². The molecule has 0 spiro atoms. The van der Waals surface area contributed by atoms with Gasteiger partial charge in [-0.1, -0.05) is 24.3 Å². The zero-order valence-corrected chi connectivity index (χ0v) is 14.2. The van der Waals surface area contributed by atoms with Crippen molar-refractivity contribution in [1.82, 2.24) is 4.90 Å². The van der Waals surface area contributed by atoms with Crippen molar-refractivity contribution in [2.24, 2.45) is 0 Å². The quantitative estimate of drug-likeness (QED) is 0.804. The second-order valence-electron chi connectivity index (χ2n) is 6.37. The highest BCUT2D eigenvalue weighted by Gasteiger charge is 2.10. The fourth-order valence-electron chi connectivity index (χ4n) is 3.01. The van der Waals surface area contributed by atoms with Gasteiger partial charge < -0.3 is 10.2 Å². The Labute approximate surface area is 148 Å². The third kappa shape index (κ3) is 5.54. The summed E-state index contributed by atoms with van der Waals surface area (Å²) >= 11 is 0. The van der Waals surface area contributed by atoms with E-state index in [1.807, 2.05) is 12.1 Å². The summed E-state index contributed by atoms with van der Waals surface area (Å²) in [5.74, 6) is -0.541. The van der Waals surface area contributed by atoms with Crippen molar-refractivity contribution in [3.05, 3.63) is 71.6 Å². The molecule has 0 radical (unpaired) electrons. The Hall–Kier alpha value is -2.46. The number of rotatable bonds is 6. The van der Waals surface area contributed by atoms with Crippen molar-refractivity contribution in [2.75, 3.05) is 25.0 Å². The lowest BCUT2D eigenvalue weighted by atomic mass is 10.1. The highest BCUT2D eigenvalue weighted by molar-refractivity contribution is 6.01. The molecule has 2 aromatic carbocycles. The van der Waals surface area contributed by atoms with Crippen LogP contribution in [-0.2, 0) is 11.2 Å². The van der Waals surface area contributed by atoms with Crippen LogP contribution in [0, 0.1) is 5.82 Å². The number of hydrogen-bond acceptors (Lipinski definition) is 2. The van der Waals surface area contributed by atoms with Crippen LogP contribution in [0.25, 0.3) is 6.08 Å². The standard InChI is InChI=1S/C21H23FN2O/c22-19-5-3-4-18(16-19)8-11-21(25)23-20-9-6-17(7-10-20)12-15-24-13-1-2-14-24/h3-11,16H,1-2,12-15H2,(H,23,25)/b11-8+. The van der Waals surface area contributed by atoms with Gasteiger partial charge in [-0.25, -0.2) is 4.39 Å². The molecule has 1 saturated heterocycles. The zero-order chi connectivity index (χ0) is 17.5. The van der Waals surface area contributed by atoms with Crippen LogP contribution < -0.4 is 5.32 Å². The van der Waals surface area contributed by atoms with Crippen LogP contribution in [0.15, 0.2) is 54.6 Å². The first kappa shape index (κ1) is 17.4. The lowest BCUT2D eigenvalue weighted by molar-refractivity contribution is -0.111. The van der Waals surface area contributed by atoms with E-state index >= 15 is 0 Å². The fraction of sp³-hybridized carbons (Fsp3) is 0.286. The third-order valence-electron chi connectivity index (χ3n) is 4.41. The van der Waals surface area contributed by atoms with Crippen LogP contribution in [0.4, 0.5) is 10.1 Å². The van der Waals surface area contributed by atoms with Crippen molar-refractivity contribution < 1.29 is 9.18 Å². The van der Waals surface area contributed by atoms with Gasteiger partial charge in [-0.15, -0.1) is 0 Å². The first-order valence-corrected chi connectivity index (χ1v) is 8.75. The van der Waals surface area contributed by atoms with Gasteiger partial charge >= 0.3 is 0 Å². The van der Waals surface area contributed by atoms with Crippen LogP contribution in [0.5, 0.6) is 0 Å². The molecule has 1 amide bonds. The number of likely N-dealkylation sites (tertiary alicyclic amines) is 1. The number of carbonyl (C=O) groups is 1. The fourth-order valence-corrected chi connectivity index (χ4v) is 3.01. The van der Waals surface area contributed by atoms with Gasteiger partial charge in [0, 0.05) is 18.3 Å². The van der Waals surface area contributed by atoms with Gasteiger partial charge in [0.2, 0.25) is 5.91 Å². The van der Waals surface area contributed by atoms with E-state index in [0.29, 0.717) is 5.56 Å². The molecule has 4 heteroatoms. The minimum atomic E-state index is -0.313. The van der Waals surface area contributed by atoms with Gasteiger partial charge in [-0.3, -0.25) is 4.79 Å². The van der Waals surface area contributed by atoms with E-state index in [9.17, 15) is 9.18 Å². The summed E-state index contributed by atoms with van der Waals surface area (Å²) < 4.78 is 13.1. The second kappa shape index (κ2) is 8.58. The largest absolute Gasteiger partial charge is 0.323 e. The molecular formula is C21H23FN2O. The smallest absolute Gasteiger partial charge is 0.248 e. The van der Waals surface area contributed by atoms with E-state index in [1.54, 1.807) is 18.2 Å². The average Bonchev–Trinajstić information content (AvgIpc) is 3.13. The Morgan fingerprint density at radius 3 is 2.60 bits per heavy atom. The van der Waals surface area contributed by atoms with Crippen molar-refractivity contribution in [3.8, 4) is 0 Å². The molecule has 0 unspecified atom stereocenters. The molecule has 1 heterocycles. The minimum absolute atomic E-state index is 0.228. The summed E-state index contributed by atoms with van der Waals surface area (Å²) in [4.78, 5) is 14.4. The lowest BCUT2D eigenvalue weighted by Gasteiger charge is -2.14. The van der Waals surface area contributed by atoms with Crippen LogP contribution in [0.2, 0.25) is 0 Å². The van der Waals surface area contributed by atoms with Crippen LogP contribution in [-0.4, -0.2) is 30.4 Å². The van der Waals surface area contributed by atoms with Crippen LogP contribution in [0.1, 0.15) is 24.0 Å². The molecule has 0 bridgehead atoms. The number of nitrogens with zero attached hydrogens (tertiary/aromatic N) is 1. The topological polar surface area (TPSA) is 32.3 Å². The lowest BCUT2D eigenvalue weighted by Crippen LogP contribution is -2.21. The number of amides is 1. The maximum atomic E-state index is 13.1. The predicted molar refractivity (Wildman–Crippen MR) is 99.9 cm³/mol. The average molecular weight is 338 g/mol. The Bertz CT molecular complexity index is 734. The number of carbonyl (C=O) groups excluding carboxylic acids is 1. The molecule has 3 nitrogen and oxygen atoms in total. The minimum Gasteiger partial charge on any atom is -0.323 e. The van der Waals surface area contributed by atoms with E-state index in [2.05, 4.69) is 22.3 Å². The molecule has 1 fully saturated rings. The summed E-state index contributed by atoms with van der Waals surface area (Å²) in [5.41, 5.74) is 2.70. The Kier molecular flexibility index (Phi) is 5.96. The van der Waals surface area contributed by atoms with Crippen LogP contribution in [0.3, 0.4) is 0 Å². The molecule has 1 aliphatic heterocycles. The predicted octanol–water partition coefficient (Wildman–Crippen LogP) is 4.12. The van der Waals surface area contributed by atoms with E-state index in [0.717, 1.165) is 18.7 Å². The second-order valence-corrected chi connectivity index (χ2v) is 6.37. The third-order valence-corrected chi connectivity index (χ3v) is 4.41. The Morgan fingerprint density at radius 1 is 1.12 bits per heavy atom. The highest BCUT2D eigenvalue weighted by atomic mass is 19.1. The van der Waals surface area contributed by atoms with Crippen molar-refractivity contribution in [3.63, 3.8) is 0 Å². The molecule has 25 heavy (non-hydrogen) atoms. The molecule has 1 aliphatic rings. The maximum Gasteiger partial charge on any atom is 0.248 e. The summed E-state index contributed by atoms with van der Waals surface area (Å²) in [6.45, 7) is 3.53. The number of halogens is 1. The van der Waals surface area contributed by atoms with E-state index < -0.39 is 0 Å². The molecule has 1 N–H and O–H groups in total. The summed E-state index contributed by atoms with van der Waals surface area (Å²) in [6, 6.07) is 14.1. The normalized spacial score (nSPS) is 14.9. The molecular weight excluding hydrogens is 315 g/mol. The molecule has 0 aliphatic carbocycles. The summed E-state index contributed by atoms with van der Waals surface area (Å²) in [6.07, 6.45) is 6.68. The molecule has 0 atom stereocenters. The molecule has 2 aromatic rings. The van der Waals surface area contributed by atoms with Crippen molar-refractivity contribution in [1.29, 1.82) is 0 Å². The summed E-state index contributed by atoms with van der Waals surface area (Å²) in [5, 5.41) is 2.82. The van der Waals surface area contributed by atoms with Crippen LogP contribution >= 0.6 is 0 Å². The molecule has 0 saturated carbocycles. The van der Waals surface area contributed by atoms with E-state index in [-0.39, 0.29) is 11.7 Å². The van der Waals surface area contributed by atoms with Gasteiger partial charge in [0.25, 0.3) is 0 Å². The first-order chi connectivity index (χ1) is 12.2. The Balaban J connectivity index is 1.49. The van der Waals surface area contributed by atoms with Gasteiger partial charge in [0.05, 0.1) is 0 Å². The Morgan fingerprint density at radius 2 is 1.88 bits per heavy atom. The maximum absolute atomic E-state index is 13.1. The van der Waals surface area contributed by atoms with Gasteiger partial charge in [-0.05, 0) is 73.8 Å². The molecule has 0 aromatic heterocycles. The van der Waals surface area contributed by atoms with Crippen molar-refractivity contribution >= 4 is 17.7 Å². The van der Waals surface area contributed by atoms with E-state index in [1.165, 1.54) is 49.7 Å². The molecule has 3 rings (SSSR count). The summed E-state index contributed by atoms with van der Waals surface area (Å²) in [7, 11) is 0. The van der Waals surface area contributed by atoms with Gasteiger partial charge in [0.15, 0.2) is 0 Å². The van der Waals surface area contributed by atoms with Crippen molar-refractivity contribution in [2.45, 2.75) is 19.3 Å². The monoisotopic (exact) mass is 338 g/mol. The number of anilines is 1. The number of benzene rings is 2. The zero-order valence-electron chi connectivity index (χ0n) is 14.2. The number of nitrogens with one attached hydrogen (secondary N) is 1. The number of hydrogen-bond donors (Lipinski definition) is 1. The van der Waals surface area contributed by atoms with Gasteiger partial charge in [-0.2, -0.15) is 0 Å². The SMILES string of the molecule is O=C(/C=C/c1cccc(F)c1)Nc1ccc(CCN2CCCC2)cc1. The highest BCUT2D eigenvalue weighted by Crippen LogP contribution is 2.13. The molecule has 130 valence electrons. The first-order valence-electron chi connectivity index (χ1n) is 8.75. The van der Waals surface area contributed by atoms with E-state index in [4.69, 9.17) is 0 Å².